The second kappa shape index (κ2) is 5.84. The Morgan fingerprint density at radius 3 is 2.55 bits per heavy atom. The van der Waals surface area contributed by atoms with E-state index in [1.54, 1.807) is 0 Å². The molecule has 0 aromatic heterocycles. The molecular weight excluding hydrogens is 287 g/mol. The van der Waals surface area contributed by atoms with Gasteiger partial charge in [0.25, 0.3) is 0 Å². The fourth-order valence-corrected chi connectivity index (χ4v) is 2.92. The van der Waals surface area contributed by atoms with Gasteiger partial charge in [0.05, 0.1) is 16.3 Å². The van der Waals surface area contributed by atoms with E-state index >= 15 is 0 Å². The zero-order valence-electron chi connectivity index (χ0n) is 11.6. The van der Waals surface area contributed by atoms with E-state index in [-0.39, 0.29) is 6.04 Å². The molecule has 112 valence electrons. The lowest BCUT2D eigenvalue weighted by Crippen LogP contribution is -2.33. The van der Waals surface area contributed by atoms with E-state index in [2.05, 4.69) is 19.2 Å². The number of nitrogens with one attached hydrogen (secondary N) is 1. The quantitative estimate of drug-likeness (QED) is 0.750. The molecule has 0 amide bonds. The Bertz CT molecular complexity index is 473. The van der Waals surface area contributed by atoms with Crippen LogP contribution in [0, 0.1) is 11.8 Å². The number of alkyl halides is 3. The fourth-order valence-electron chi connectivity index (χ4n) is 2.75. The van der Waals surface area contributed by atoms with Gasteiger partial charge in [0.2, 0.25) is 0 Å². The molecule has 0 radical (unpaired) electrons. The molecule has 0 saturated heterocycles. The lowest BCUT2D eigenvalue weighted by molar-refractivity contribution is -0.137. The van der Waals surface area contributed by atoms with Crippen molar-refractivity contribution < 1.29 is 13.2 Å². The predicted molar refractivity (Wildman–Crippen MR) is 76.0 cm³/mol. The number of halogens is 4. The van der Waals surface area contributed by atoms with Crippen molar-refractivity contribution in [2.45, 2.75) is 45.3 Å². The maximum absolute atomic E-state index is 12.7. The van der Waals surface area contributed by atoms with Crippen LogP contribution in [0.4, 0.5) is 18.9 Å². The van der Waals surface area contributed by atoms with E-state index in [4.69, 9.17) is 11.6 Å². The molecule has 3 atom stereocenters. The van der Waals surface area contributed by atoms with Gasteiger partial charge in [-0.25, -0.2) is 0 Å². The smallest absolute Gasteiger partial charge is 0.381 e. The monoisotopic (exact) mass is 305 g/mol. The zero-order valence-corrected chi connectivity index (χ0v) is 12.4. The van der Waals surface area contributed by atoms with Gasteiger partial charge in [0.1, 0.15) is 0 Å². The van der Waals surface area contributed by atoms with E-state index in [0.717, 1.165) is 25.0 Å². The summed E-state index contributed by atoms with van der Waals surface area (Å²) in [7, 11) is 0. The summed E-state index contributed by atoms with van der Waals surface area (Å²) in [5.41, 5.74) is -0.284. The minimum Gasteiger partial charge on any atom is -0.381 e. The number of rotatable bonds is 2. The first-order chi connectivity index (χ1) is 9.27. The lowest BCUT2D eigenvalue weighted by Gasteiger charge is -2.34. The number of benzene rings is 1. The molecule has 1 aliphatic rings. The molecule has 3 unspecified atom stereocenters. The second-order valence-electron chi connectivity index (χ2n) is 5.84. The second-order valence-corrected chi connectivity index (χ2v) is 6.25. The first-order valence-electron chi connectivity index (χ1n) is 6.90. The van der Waals surface area contributed by atoms with Gasteiger partial charge in [0, 0.05) is 6.04 Å². The largest absolute Gasteiger partial charge is 0.416 e. The van der Waals surface area contributed by atoms with Crippen LogP contribution in [0.25, 0.3) is 0 Å². The van der Waals surface area contributed by atoms with Crippen LogP contribution < -0.4 is 5.32 Å². The summed E-state index contributed by atoms with van der Waals surface area (Å²) >= 11 is 6.02. The van der Waals surface area contributed by atoms with Crippen molar-refractivity contribution in [3.05, 3.63) is 28.8 Å². The fraction of sp³-hybridized carbons (Fsp3) is 0.600. The number of anilines is 1. The molecule has 0 heterocycles. The molecular formula is C15H19ClF3N. The van der Waals surface area contributed by atoms with Crippen LogP contribution in [0.15, 0.2) is 18.2 Å². The van der Waals surface area contributed by atoms with Crippen molar-refractivity contribution in [1.82, 2.24) is 0 Å². The molecule has 5 heteroatoms. The summed E-state index contributed by atoms with van der Waals surface area (Å²) in [6, 6.07) is 3.61. The molecule has 1 aliphatic carbocycles. The molecule has 1 fully saturated rings. The van der Waals surface area contributed by atoms with Crippen molar-refractivity contribution in [3.63, 3.8) is 0 Å². The predicted octanol–water partition coefficient (Wildman–Crippen LogP) is 5.60. The normalized spacial score (nSPS) is 27.4. The van der Waals surface area contributed by atoms with Crippen LogP contribution in [-0.4, -0.2) is 6.04 Å². The summed E-state index contributed by atoms with van der Waals surface area (Å²) in [6.07, 6.45) is -1.11. The van der Waals surface area contributed by atoms with E-state index in [1.807, 2.05) is 0 Å². The Hall–Kier alpha value is -0.900. The van der Waals surface area contributed by atoms with E-state index in [0.29, 0.717) is 22.5 Å². The van der Waals surface area contributed by atoms with Gasteiger partial charge in [-0.05, 0) is 42.9 Å². The maximum Gasteiger partial charge on any atom is 0.416 e. The average molecular weight is 306 g/mol. The highest BCUT2D eigenvalue weighted by molar-refractivity contribution is 6.33. The Labute approximate surface area is 122 Å². The van der Waals surface area contributed by atoms with Gasteiger partial charge < -0.3 is 5.32 Å². The van der Waals surface area contributed by atoms with Crippen LogP contribution >= 0.6 is 11.6 Å². The molecule has 20 heavy (non-hydrogen) atoms. The Morgan fingerprint density at radius 2 is 1.90 bits per heavy atom. The highest BCUT2D eigenvalue weighted by Gasteiger charge is 2.32. The maximum atomic E-state index is 12.7. The van der Waals surface area contributed by atoms with Crippen LogP contribution in [0.3, 0.4) is 0 Å². The molecule has 1 N–H and O–H groups in total. The minimum absolute atomic E-state index is 0.180. The Balaban J connectivity index is 2.20. The lowest BCUT2D eigenvalue weighted by atomic mass is 9.80. The van der Waals surface area contributed by atoms with Crippen molar-refractivity contribution in [1.29, 1.82) is 0 Å². The van der Waals surface area contributed by atoms with Crippen LogP contribution in [-0.2, 0) is 6.18 Å². The molecule has 1 aromatic carbocycles. The Kier molecular flexibility index (Phi) is 4.52. The average Bonchev–Trinajstić information content (AvgIpc) is 2.35. The van der Waals surface area contributed by atoms with Crippen LogP contribution in [0.2, 0.25) is 5.02 Å². The topological polar surface area (TPSA) is 12.0 Å². The summed E-state index contributed by atoms with van der Waals surface area (Å²) in [5, 5.41) is 3.55. The third-order valence-electron chi connectivity index (χ3n) is 4.09. The molecule has 1 aromatic rings. The van der Waals surface area contributed by atoms with Crippen LogP contribution in [0.5, 0.6) is 0 Å². The summed E-state index contributed by atoms with van der Waals surface area (Å²) in [5.74, 6) is 1.03. The molecule has 2 rings (SSSR count). The molecule has 0 bridgehead atoms. The van der Waals surface area contributed by atoms with Gasteiger partial charge in [-0.15, -0.1) is 0 Å². The van der Waals surface area contributed by atoms with Crippen molar-refractivity contribution in [2.75, 3.05) is 5.32 Å². The van der Waals surface area contributed by atoms with E-state index in [9.17, 15) is 13.2 Å². The number of hydrogen-bond donors (Lipinski definition) is 1. The summed E-state index contributed by atoms with van der Waals surface area (Å²) in [4.78, 5) is 0. The summed E-state index contributed by atoms with van der Waals surface area (Å²) < 4.78 is 38.2. The Morgan fingerprint density at radius 1 is 1.20 bits per heavy atom. The first-order valence-corrected chi connectivity index (χ1v) is 7.28. The highest BCUT2D eigenvalue weighted by Crippen LogP contribution is 2.36. The van der Waals surface area contributed by atoms with Gasteiger partial charge in [-0.3, -0.25) is 0 Å². The van der Waals surface area contributed by atoms with Gasteiger partial charge in [-0.2, -0.15) is 13.2 Å². The van der Waals surface area contributed by atoms with E-state index < -0.39 is 11.7 Å². The van der Waals surface area contributed by atoms with Crippen molar-refractivity contribution in [3.8, 4) is 0 Å². The van der Waals surface area contributed by atoms with Crippen LogP contribution in [0.1, 0.15) is 38.7 Å². The van der Waals surface area contributed by atoms with Crippen molar-refractivity contribution >= 4 is 17.3 Å². The highest BCUT2D eigenvalue weighted by atomic mass is 35.5. The molecule has 0 aliphatic heterocycles. The minimum atomic E-state index is -4.34. The first kappa shape index (κ1) is 15.5. The molecule has 1 saturated carbocycles. The zero-order chi connectivity index (χ0) is 14.9. The molecule has 1 nitrogen and oxygen atoms in total. The third kappa shape index (κ3) is 3.60. The van der Waals surface area contributed by atoms with Gasteiger partial charge in [0.15, 0.2) is 0 Å². The van der Waals surface area contributed by atoms with Crippen molar-refractivity contribution in [2.24, 2.45) is 11.8 Å². The summed E-state index contributed by atoms with van der Waals surface area (Å²) in [6.45, 7) is 4.30. The van der Waals surface area contributed by atoms with E-state index in [1.165, 1.54) is 12.5 Å². The number of hydrogen-bond acceptors (Lipinski definition) is 1. The SMILES string of the molecule is CC1CCC(C)C(Nc2cc(C(F)(F)F)ccc2Cl)C1. The molecule has 0 spiro atoms. The van der Waals surface area contributed by atoms with Gasteiger partial charge in [-0.1, -0.05) is 31.9 Å². The van der Waals surface area contributed by atoms with Gasteiger partial charge >= 0.3 is 6.18 Å². The third-order valence-corrected chi connectivity index (χ3v) is 4.42. The standard InChI is InChI=1S/C15H19ClF3N/c1-9-3-4-10(2)13(7-9)20-14-8-11(15(17,18)19)5-6-12(14)16/h5-6,8-10,13,20H,3-4,7H2,1-2H3.